The number of aromatic hydroxyl groups is 1. The lowest BCUT2D eigenvalue weighted by Gasteiger charge is -2.28. The molecule has 1 aromatic rings. The van der Waals surface area contributed by atoms with Gasteiger partial charge in [0.2, 0.25) is 5.91 Å². The third-order valence-electron chi connectivity index (χ3n) is 3.44. The second-order valence-corrected chi connectivity index (χ2v) is 9.28. The van der Waals surface area contributed by atoms with Gasteiger partial charge in [0.25, 0.3) is 0 Å². The molecule has 0 spiro atoms. The van der Waals surface area contributed by atoms with Crippen LogP contribution in [0.2, 0.25) is 0 Å². The highest BCUT2D eigenvalue weighted by Gasteiger charge is 2.26. The number of amides is 1. The SMILES string of the molecule is CC(C)(C)c1cc(C=S(C#N)CC(N)=O)cc(C(C)(C)C)c1O. The molecule has 0 aromatic heterocycles. The molecule has 0 radical (unpaired) electrons. The molecule has 0 aliphatic heterocycles. The van der Waals surface area contributed by atoms with Crippen molar-refractivity contribution in [1.82, 2.24) is 0 Å². The smallest absolute Gasteiger partial charge is 0.227 e. The third kappa shape index (κ3) is 5.11. The Bertz CT molecular complexity index is 651. The first-order chi connectivity index (χ1) is 10.4. The molecule has 4 nitrogen and oxygen atoms in total. The molecule has 0 aliphatic carbocycles. The highest BCUT2D eigenvalue weighted by molar-refractivity contribution is 8.19. The summed E-state index contributed by atoms with van der Waals surface area (Å²) in [6, 6.07) is 3.78. The van der Waals surface area contributed by atoms with Crippen LogP contribution in [0.15, 0.2) is 12.1 Å². The number of phenols is 1. The van der Waals surface area contributed by atoms with Crippen LogP contribution >= 0.6 is 10.5 Å². The van der Waals surface area contributed by atoms with Gasteiger partial charge in [0.1, 0.15) is 11.2 Å². The Balaban J connectivity index is 3.60. The first kappa shape index (κ1) is 19.2. The molecule has 0 heterocycles. The third-order valence-corrected chi connectivity index (χ3v) is 4.83. The summed E-state index contributed by atoms with van der Waals surface area (Å²) in [5.74, 6) is -0.168. The number of nitriles is 1. The molecule has 0 fully saturated rings. The molecule has 1 aromatic carbocycles. The number of rotatable bonds is 3. The molecular weight excluding hydrogens is 308 g/mol. The maximum Gasteiger partial charge on any atom is 0.227 e. The molecule has 0 aliphatic rings. The number of benzene rings is 1. The fraction of sp³-hybridized carbons (Fsp3) is 0.500. The summed E-state index contributed by atoms with van der Waals surface area (Å²) in [5.41, 5.74) is 7.23. The number of nitrogens with zero attached hydrogens (tertiary/aromatic N) is 1. The predicted octanol–water partition coefficient (Wildman–Crippen LogP) is 3.37. The van der Waals surface area contributed by atoms with Crippen molar-refractivity contribution in [2.45, 2.75) is 52.4 Å². The van der Waals surface area contributed by atoms with Gasteiger partial charge in [-0.1, -0.05) is 52.0 Å². The number of carbonyl (C=O) groups is 1. The first-order valence-corrected chi connectivity index (χ1v) is 8.92. The Hall–Kier alpha value is -1.80. The van der Waals surface area contributed by atoms with E-state index in [4.69, 9.17) is 5.73 Å². The second-order valence-electron chi connectivity index (χ2n) is 7.71. The molecular formula is C18H26N2O2S. The molecule has 3 N–H and O–H groups in total. The Labute approximate surface area is 141 Å². The van der Waals surface area contributed by atoms with Crippen LogP contribution in [0.3, 0.4) is 0 Å². The molecule has 5 heteroatoms. The van der Waals surface area contributed by atoms with Gasteiger partial charge in [-0.05, 0) is 33.9 Å². The van der Waals surface area contributed by atoms with Gasteiger partial charge in [-0.25, -0.2) is 0 Å². The van der Waals surface area contributed by atoms with Crippen LogP contribution in [0, 0.1) is 10.7 Å². The van der Waals surface area contributed by atoms with Crippen molar-refractivity contribution in [2.24, 2.45) is 5.73 Å². The largest absolute Gasteiger partial charge is 0.507 e. The number of carbonyl (C=O) groups excluding carboxylic acids is 1. The Morgan fingerprint density at radius 3 is 1.96 bits per heavy atom. The van der Waals surface area contributed by atoms with Gasteiger partial charge in [-0.3, -0.25) is 4.79 Å². The van der Waals surface area contributed by atoms with E-state index in [1.54, 1.807) is 5.37 Å². The Morgan fingerprint density at radius 1 is 1.22 bits per heavy atom. The van der Waals surface area contributed by atoms with Crippen LogP contribution in [0.4, 0.5) is 0 Å². The average molecular weight is 334 g/mol. The number of thiocyanates is 1. The summed E-state index contributed by atoms with van der Waals surface area (Å²) in [6.07, 6.45) is 0. The van der Waals surface area contributed by atoms with Gasteiger partial charge >= 0.3 is 0 Å². The summed E-state index contributed by atoms with van der Waals surface area (Å²) < 4.78 is 0. The summed E-state index contributed by atoms with van der Waals surface area (Å²) in [4.78, 5) is 11.1. The normalized spacial score (nSPS) is 13.6. The van der Waals surface area contributed by atoms with E-state index in [2.05, 4.69) is 5.40 Å². The second kappa shape index (κ2) is 6.76. The first-order valence-electron chi connectivity index (χ1n) is 7.47. The zero-order chi connectivity index (χ0) is 18.0. The molecule has 0 saturated heterocycles. The van der Waals surface area contributed by atoms with Gasteiger partial charge in [0.05, 0.1) is 5.75 Å². The fourth-order valence-electron chi connectivity index (χ4n) is 2.29. The minimum atomic E-state index is -0.865. The van der Waals surface area contributed by atoms with Crippen molar-refractivity contribution in [2.75, 3.05) is 5.75 Å². The van der Waals surface area contributed by atoms with Gasteiger partial charge in [0, 0.05) is 11.1 Å². The number of phenolic OH excluding ortho intramolecular Hbond substituents is 1. The van der Waals surface area contributed by atoms with Gasteiger partial charge in [0.15, 0.2) is 0 Å². The Kier molecular flexibility index (Phi) is 5.65. The van der Waals surface area contributed by atoms with E-state index in [-0.39, 0.29) is 16.6 Å². The molecule has 1 rings (SSSR count). The summed E-state index contributed by atoms with van der Waals surface area (Å²) in [6.45, 7) is 12.2. The number of primary amides is 1. The van der Waals surface area contributed by atoms with Crippen molar-refractivity contribution >= 4 is 21.8 Å². The van der Waals surface area contributed by atoms with Crippen molar-refractivity contribution in [3.05, 3.63) is 28.8 Å². The van der Waals surface area contributed by atoms with Crippen LogP contribution in [0.1, 0.15) is 58.2 Å². The van der Waals surface area contributed by atoms with E-state index in [1.165, 1.54) is 0 Å². The topological polar surface area (TPSA) is 87.1 Å². The number of hydrogen-bond acceptors (Lipinski definition) is 3. The maximum absolute atomic E-state index is 11.1. The molecule has 1 unspecified atom stereocenters. The van der Waals surface area contributed by atoms with Crippen LogP contribution in [0.25, 0.3) is 0 Å². The minimum Gasteiger partial charge on any atom is -0.507 e. The van der Waals surface area contributed by atoms with Crippen LogP contribution in [-0.2, 0) is 15.6 Å². The van der Waals surface area contributed by atoms with Gasteiger partial charge in [-0.15, -0.1) is 0 Å². The highest BCUT2D eigenvalue weighted by atomic mass is 32.2. The fourth-order valence-corrected chi connectivity index (χ4v) is 3.26. The average Bonchev–Trinajstić information content (AvgIpc) is 2.36. The lowest BCUT2D eigenvalue weighted by molar-refractivity contribution is -0.115. The van der Waals surface area contributed by atoms with Crippen molar-refractivity contribution in [3.8, 4) is 11.2 Å². The van der Waals surface area contributed by atoms with E-state index in [1.807, 2.05) is 53.7 Å². The predicted molar refractivity (Wildman–Crippen MR) is 97.9 cm³/mol. The minimum absolute atomic E-state index is 0.0209. The lowest BCUT2D eigenvalue weighted by Crippen LogP contribution is -2.18. The summed E-state index contributed by atoms with van der Waals surface area (Å²) in [7, 11) is -0.865. The van der Waals surface area contributed by atoms with E-state index < -0.39 is 16.4 Å². The van der Waals surface area contributed by atoms with E-state index in [9.17, 15) is 15.2 Å². The molecule has 0 saturated carbocycles. The van der Waals surface area contributed by atoms with Crippen LogP contribution < -0.4 is 5.73 Å². The molecule has 23 heavy (non-hydrogen) atoms. The number of hydrogen-bond donors (Lipinski definition) is 2. The zero-order valence-electron chi connectivity index (χ0n) is 14.7. The monoisotopic (exact) mass is 334 g/mol. The quantitative estimate of drug-likeness (QED) is 0.656. The van der Waals surface area contributed by atoms with Crippen LogP contribution in [-0.4, -0.2) is 22.1 Å². The Morgan fingerprint density at radius 2 is 1.65 bits per heavy atom. The lowest BCUT2D eigenvalue weighted by atomic mass is 9.78. The summed E-state index contributed by atoms with van der Waals surface area (Å²) >= 11 is 0. The molecule has 0 bridgehead atoms. The van der Waals surface area contributed by atoms with Gasteiger partial charge in [-0.2, -0.15) is 5.26 Å². The van der Waals surface area contributed by atoms with Crippen molar-refractivity contribution in [1.29, 1.82) is 5.26 Å². The molecule has 1 atom stereocenters. The van der Waals surface area contributed by atoms with Crippen LogP contribution in [0.5, 0.6) is 5.75 Å². The van der Waals surface area contributed by atoms with E-state index in [0.717, 1.165) is 16.7 Å². The van der Waals surface area contributed by atoms with E-state index >= 15 is 0 Å². The van der Waals surface area contributed by atoms with Crippen molar-refractivity contribution in [3.63, 3.8) is 0 Å². The number of nitrogens with two attached hydrogens (primary N) is 1. The zero-order valence-corrected chi connectivity index (χ0v) is 15.5. The molecule has 126 valence electrons. The van der Waals surface area contributed by atoms with Gasteiger partial charge < -0.3 is 10.8 Å². The maximum atomic E-state index is 11.1. The van der Waals surface area contributed by atoms with E-state index in [0.29, 0.717) is 5.75 Å². The van der Waals surface area contributed by atoms with Crippen molar-refractivity contribution < 1.29 is 9.90 Å². The molecule has 1 amide bonds. The highest BCUT2D eigenvalue weighted by Crippen LogP contribution is 2.39. The standard InChI is InChI=1S/C18H26N2O2S/c1-17(2,3)13-7-12(9-23(11-19)10-15(20)21)8-14(16(13)22)18(4,5)6/h7-9,22H,10H2,1-6H3,(H2,20,21). The summed E-state index contributed by atoms with van der Waals surface area (Å²) in [5, 5.41) is 23.8.